The summed E-state index contributed by atoms with van der Waals surface area (Å²) in [5.74, 6) is 1.69. The van der Waals surface area contributed by atoms with E-state index in [0.717, 1.165) is 17.1 Å². The molecule has 1 aliphatic carbocycles. The van der Waals surface area contributed by atoms with Crippen LogP contribution in [0.1, 0.15) is 61.9 Å². The van der Waals surface area contributed by atoms with E-state index >= 15 is 0 Å². The minimum absolute atomic E-state index is 0.177. The number of nitrogens with zero attached hydrogens (tertiary/aromatic N) is 2. The zero-order valence-corrected chi connectivity index (χ0v) is 15.0. The minimum Gasteiger partial charge on any atom is -0.367 e. The van der Waals surface area contributed by atoms with Gasteiger partial charge in [-0.1, -0.05) is 49.6 Å². The molecule has 1 heterocycles. The topological polar surface area (TPSA) is 49.8 Å². The first-order chi connectivity index (χ1) is 11.6. The van der Waals surface area contributed by atoms with Gasteiger partial charge >= 0.3 is 0 Å². The Labute approximate surface area is 145 Å². The van der Waals surface area contributed by atoms with Crippen LogP contribution in [-0.2, 0) is 0 Å². The number of aryl methyl sites for hydroxylation is 1. The molecule has 4 heteroatoms. The lowest BCUT2D eigenvalue weighted by Gasteiger charge is -2.25. The predicted molar refractivity (Wildman–Crippen MR) is 100 cm³/mol. The van der Waals surface area contributed by atoms with Gasteiger partial charge in [0.1, 0.15) is 5.82 Å². The van der Waals surface area contributed by atoms with Gasteiger partial charge in [-0.15, -0.1) is 0 Å². The summed E-state index contributed by atoms with van der Waals surface area (Å²) in [6, 6.07) is 11.1. The van der Waals surface area contributed by atoms with Crippen molar-refractivity contribution in [2.75, 3.05) is 10.6 Å². The summed E-state index contributed by atoms with van der Waals surface area (Å²) in [7, 11) is 0. The zero-order valence-electron chi connectivity index (χ0n) is 15.0. The monoisotopic (exact) mass is 324 g/mol. The number of rotatable bonds is 5. The number of hydrogen-bond acceptors (Lipinski definition) is 4. The molecule has 1 aromatic carbocycles. The van der Waals surface area contributed by atoms with Crippen LogP contribution in [0.25, 0.3) is 0 Å². The van der Waals surface area contributed by atoms with Gasteiger partial charge in [0.15, 0.2) is 0 Å². The molecule has 1 atom stereocenters. The van der Waals surface area contributed by atoms with Gasteiger partial charge in [0, 0.05) is 17.3 Å². The number of nitrogens with one attached hydrogen (secondary N) is 2. The van der Waals surface area contributed by atoms with Crippen LogP contribution >= 0.6 is 0 Å². The summed E-state index contributed by atoms with van der Waals surface area (Å²) in [4.78, 5) is 9.39. The van der Waals surface area contributed by atoms with Gasteiger partial charge in [-0.05, 0) is 39.2 Å². The van der Waals surface area contributed by atoms with Gasteiger partial charge in [0.2, 0.25) is 5.95 Å². The third-order valence-electron chi connectivity index (χ3n) is 4.98. The summed E-state index contributed by atoms with van der Waals surface area (Å²) in [5.41, 5.74) is 3.42. The predicted octanol–water partition coefficient (Wildman–Crippen LogP) is 5.01. The van der Waals surface area contributed by atoms with E-state index in [2.05, 4.69) is 60.7 Å². The molecule has 2 aromatic rings. The van der Waals surface area contributed by atoms with Crippen molar-refractivity contribution < 1.29 is 0 Å². The standard InChI is InChI=1S/C20H28N4/c1-14-15(2)21-20(22-16(3)17-10-6-4-7-11-17)24-19(14)23-18-12-8-5-9-13-18/h4,6-7,10-11,16,18H,5,8-9,12-13H2,1-3H3,(H2,21,22,23,24)/t16-/m1/s1. The van der Waals surface area contributed by atoms with E-state index in [0.29, 0.717) is 12.0 Å². The minimum atomic E-state index is 0.177. The second-order valence-corrected chi connectivity index (χ2v) is 6.86. The molecule has 0 unspecified atom stereocenters. The second-order valence-electron chi connectivity index (χ2n) is 6.86. The molecule has 0 amide bonds. The molecular weight excluding hydrogens is 296 g/mol. The van der Waals surface area contributed by atoms with E-state index in [9.17, 15) is 0 Å². The maximum Gasteiger partial charge on any atom is 0.225 e. The molecule has 1 fully saturated rings. The summed E-state index contributed by atoms with van der Waals surface area (Å²) in [6.07, 6.45) is 6.48. The van der Waals surface area contributed by atoms with Crippen molar-refractivity contribution in [1.29, 1.82) is 0 Å². The summed E-state index contributed by atoms with van der Waals surface area (Å²) in [6.45, 7) is 6.30. The molecule has 2 N–H and O–H groups in total. The van der Waals surface area contributed by atoms with E-state index in [-0.39, 0.29) is 6.04 Å². The number of anilines is 2. The highest BCUT2D eigenvalue weighted by molar-refractivity contribution is 5.50. The first-order valence-electron chi connectivity index (χ1n) is 9.06. The molecule has 24 heavy (non-hydrogen) atoms. The molecule has 1 aromatic heterocycles. The average molecular weight is 324 g/mol. The third kappa shape index (κ3) is 4.05. The van der Waals surface area contributed by atoms with Gasteiger partial charge in [0.25, 0.3) is 0 Å². The fourth-order valence-electron chi connectivity index (χ4n) is 3.29. The molecule has 0 aliphatic heterocycles. The highest BCUT2D eigenvalue weighted by Gasteiger charge is 2.17. The maximum atomic E-state index is 4.76. The third-order valence-corrected chi connectivity index (χ3v) is 4.98. The maximum absolute atomic E-state index is 4.76. The molecule has 128 valence electrons. The molecule has 0 bridgehead atoms. The first kappa shape index (κ1) is 16.7. The van der Waals surface area contributed by atoms with Crippen molar-refractivity contribution in [1.82, 2.24) is 9.97 Å². The number of aromatic nitrogens is 2. The zero-order chi connectivity index (χ0) is 16.9. The SMILES string of the molecule is Cc1nc(N[C@H](C)c2ccccc2)nc(NC2CCCCC2)c1C. The Bertz CT molecular complexity index is 663. The van der Waals surface area contributed by atoms with E-state index in [1.54, 1.807) is 0 Å². The van der Waals surface area contributed by atoms with Crippen LogP contribution in [0.3, 0.4) is 0 Å². The van der Waals surface area contributed by atoms with Crippen molar-refractivity contribution in [3.8, 4) is 0 Å². The van der Waals surface area contributed by atoms with Gasteiger partial charge in [-0.2, -0.15) is 4.98 Å². The van der Waals surface area contributed by atoms with Crippen molar-refractivity contribution in [2.45, 2.75) is 65.0 Å². The average Bonchev–Trinajstić information content (AvgIpc) is 2.61. The number of hydrogen-bond donors (Lipinski definition) is 2. The Morgan fingerprint density at radius 2 is 1.71 bits per heavy atom. The Morgan fingerprint density at radius 1 is 1.00 bits per heavy atom. The highest BCUT2D eigenvalue weighted by Crippen LogP contribution is 2.25. The second kappa shape index (κ2) is 7.65. The van der Waals surface area contributed by atoms with Crippen LogP contribution < -0.4 is 10.6 Å². The van der Waals surface area contributed by atoms with Crippen molar-refractivity contribution in [3.05, 3.63) is 47.2 Å². The lowest BCUT2D eigenvalue weighted by molar-refractivity contribution is 0.461. The normalized spacial score (nSPS) is 16.6. The van der Waals surface area contributed by atoms with Crippen molar-refractivity contribution in [2.24, 2.45) is 0 Å². The Kier molecular flexibility index (Phi) is 5.34. The summed E-state index contributed by atoms with van der Waals surface area (Å²) in [5, 5.41) is 7.09. The van der Waals surface area contributed by atoms with Crippen molar-refractivity contribution >= 4 is 11.8 Å². The highest BCUT2D eigenvalue weighted by atomic mass is 15.2. The van der Waals surface area contributed by atoms with Crippen LogP contribution in [0, 0.1) is 13.8 Å². The van der Waals surface area contributed by atoms with Gasteiger partial charge < -0.3 is 10.6 Å². The number of benzene rings is 1. The Hall–Kier alpha value is -2.10. The van der Waals surface area contributed by atoms with Gasteiger partial charge in [0.05, 0.1) is 6.04 Å². The molecule has 1 aliphatic rings. The van der Waals surface area contributed by atoms with Crippen molar-refractivity contribution in [3.63, 3.8) is 0 Å². The van der Waals surface area contributed by atoms with E-state index in [1.807, 2.05) is 6.07 Å². The van der Waals surface area contributed by atoms with E-state index in [1.165, 1.54) is 37.7 Å². The fourth-order valence-corrected chi connectivity index (χ4v) is 3.29. The quantitative estimate of drug-likeness (QED) is 0.811. The van der Waals surface area contributed by atoms with Crippen LogP contribution in [0.15, 0.2) is 30.3 Å². The van der Waals surface area contributed by atoms with Gasteiger partial charge in [-0.3, -0.25) is 0 Å². The first-order valence-corrected chi connectivity index (χ1v) is 9.06. The van der Waals surface area contributed by atoms with E-state index < -0.39 is 0 Å². The lowest BCUT2D eigenvalue weighted by atomic mass is 9.95. The largest absolute Gasteiger partial charge is 0.367 e. The molecule has 0 spiro atoms. The Balaban J connectivity index is 1.76. The molecule has 1 saturated carbocycles. The van der Waals surface area contributed by atoms with E-state index in [4.69, 9.17) is 4.98 Å². The fraction of sp³-hybridized carbons (Fsp3) is 0.500. The van der Waals surface area contributed by atoms with Gasteiger partial charge in [-0.25, -0.2) is 4.98 Å². The summed E-state index contributed by atoms with van der Waals surface area (Å²) >= 11 is 0. The molecule has 3 rings (SSSR count). The lowest BCUT2D eigenvalue weighted by Crippen LogP contribution is -2.24. The van der Waals surface area contributed by atoms with Crippen LogP contribution in [0.4, 0.5) is 11.8 Å². The molecular formula is C20H28N4. The molecule has 0 saturated heterocycles. The smallest absolute Gasteiger partial charge is 0.225 e. The summed E-state index contributed by atoms with van der Waals surface area (Å²) < 4.78 is 0. The van der Waals surface area contributed by atoms with Crippen LogP contribution in [-0.4, -0.2) is 16.0 Å². The molecule has 4 nitrogen and oxygen atoms in total. The molecule has 0 radical (unpaired) electrons. The van der Waals surface area contributed by atoms with Crippen LogP contribution in [0.5, 0.6) is 0 Å². The van der Waals surface area contributed by atoms with Crippen LogP contribution in [0.2, 0.25) is 0 Å². The Morgan fingerprint density at radius 3 is 2.42 bits per heavy atom.